The van der Waals surface area contributed by atoms with Crippen LogP contribution in [0, 0.1) is 0 Å². The quantitative estimate of drug-likeness (QED) is 0.714. The predicted octanol–water partition coefficient (Wildman–Crippen LogP) is 1.39. The number of carboxylic acid groups (broad SMARTS) is 1. The summed E-state index contributed by atoms with van der Waals surface area (Å²) in [6.07, 6.45) is 0.987. The molecule has 3 N–H and O–H groups in total. The van der Waals surface area contributed by atoms with Crippen molar-refractivity contribution in [1.29, 1.82) is 0 Å². The van der Waals surface area contributed by atoms with Gasteiger partial charge >= 0.3 is 12.0 Å². The van der Waals surface area contributed by atoms with Crippen LogP contribution >= 0.6 is 0 Å². The third-order valence-electron chi connectivity index (χ3n) is 2.51. The fourth-order valence-corrected chi connectivity index (χ4v) is 1.58. The molecule has 98 valence electrons. The minimum Gasteiger partial charge on any atom is -0.480 e. The largest absolute Gasteiger partial charge is 0.480 e. The summed E-state index contributed by atoms with van der Waals surface area (Å²) in [5, 5.41) is 14.0. The van der Waals surface area contributed by atoms with E-state index in [1.165, 1.54) is 0 Å². The minimum absolute atomic E-state index is 0.372. The maximum atomic E-state index is 11.3. The van der Waals surface area contributed by atoms with Gasteiger partial charge in [0, 0.05) is 6.54 Å². The molecule has 0 saturated heterocycles. The van der Waals surface area contributed by atoms with Crippen molar-refractivity contribution in [2.45, 2.75) is 25.8 Å². The van der Waals surface area contributed by atoms with E-state index in [0.29, 0.717) is 19.4 Å². The number of rotatable bonds is 6. The monoisotopic (exact) mass is 250 g/mol. The highest BCUT2D eigenvalue weighted by molar-refractivity contribution is 5.82. The molecule has 1 aromatic carbocycles. The molecule has 1 atom stereocenters. The number of aliphatic carboxylic acids is 1. The number of amides is 2. The third kappa shape index (κ3) is 4.86. The van der Waals surface area contributed by atoms with Gasteiger partial charge in [-0.2, -0.15) is 0 Å². The summed E-state index contributed by atoms with van der Waals surface area (Å²) >= 11 is 0. The summed E-state index contributed by atoms with van der Waals surface area (Å²) in [5.74, 6) is -1.02. The number of carbonyl (C=O) groups excluding carboxylic acids is 1. The lowest BCUT2D eigenvalue weighted by atomic mass is 10.1. The summed E-state index contributed by atoms with van der Waals surface area (Å²) in [5.41, 5.74) is 1.06. The number of benzene rings is 1. The Morgan fingerprint density at radius 2 is 1.94 bits per heavy atom. The summed E-state index contributed by atoms with van der Waals surface area (Å²) in [4.78, 5) is 22.3. The second-order valence-corrected chi connectivity index (χ2v) is 3.92. The van der Waals surface area contributed by atoms with Crippen LogP contribution in [0.1, 0.15) is 18.9 Å². The van der Waals surface area contributed by atoms with Gasteiger partial charge in [-0.1, -0.05) is 30.3 Å². The molecule has 0 aliphatic carbocycles. The molecule has 1 unspecified atom stereocenters. The Morgan fingerprint density at radius 1 is 1.28 bits per heavy atom. The SMILES string of the molecule is CCNC(=O)NC(CCc1ccccc1)C(=O)O. The van der Waals surface area contributed by atoms with Gasteiger partial charge in [-0.15, -0.1) is 0 Å². The zero-order valence-corrected chi connectivity index (χ0v) is 10.3. The van der Waals surface area contributed by atoms with E-state index in [1.807, 2.05) is 30.3 Å². The van der Waals surface area contributed by atoms with E-state index < -0.39 is 18.0 Å². The molecule has 0 saturated carbocycles. The van der Waals surface area contributed by atoms with Gasteiger partial charge in [-0.25, -0.2) is 9.59 Å². The average molecular weight is 250 g/mol. The van der Waals surface area contributed by atoms with Crippen LogP contribution in [0.4, 0.5) is 4.79 Å². The highest BCUT2D eigenvalue weighted by Gasteiger charge is 2.19. The van der Waals surface area contributed by atoms with Gasteiger partial charge < -0.3 is 15.7 Å². The van der Waals surface area contributed by atoms with Crippen molar-refractivity contribution in [3.63, 3.8) is 0 Å². The molecule has 1 aromatic rings. The van der Waals surface area contributed by atoms with Crippen molar-refractivity contribution >= 4 is 12.0 Å². The highest BCUT2D eigenvalue weighted by Crippen LogP contribution is 2.05. The summed E-state index contributed by atoms with van der Waals surface area (Å²) < 4.78 is 0. The van der Waals surface area contributed by atoms with Gasteiger partial charge in [0.15, 0.2) is 0 Å². The Morgan fingerprint density at radius 3 is 2.50 bits per heavy atom. The van der Waals surface area contributed by atoms with Crippen molar-refractivity contribution in [3.8, 4) is 0 Å². The zero-order chi connectivity index (χ0) is 13.4. The first-order valence-electron chi connectivity index (χ1n) is 5.94. The molecule has 0 heterocycles. The van der Waals surface area contributed by atoms with Crippen LogP contribution in [0.5, 0.6) is 0 Å². The van der Waals surface area contributed by atoms with Crippen LogP contribution in [0.3, 0.4) is 0 Å². The van der Waals surface area contributed by atoms with Gasteiger partial charge in [0.25, 0.3) is 0 Å². The Balaban J connectivity index is 2.48. The molecular formula is C13H18N2O3. The summed E-state index contributed by atoms with van der Waals surface area (Å²) in [6, 6.07) is 8.28. The van der Waals surface area contributed by atoms with Crippen LogP contribution in [0.25, 0.3) is 0 Å². The number of carboxylic acids is 1. The van der Waals surface area contributed by atoms with Gasteiger partial charge in [-0.3, -0.25) is 0 Å². The van der Waals surface area contributed by atoms with Crippen LogP contribution in [-0.2, 0) is 11.2 Å². The molecule has 5 heteroatoms. The predicted molar refractivity (Wildman–Crippen MR) is 68.4 cm³/mol. The van der Waals surface area contributed by atoms with E-state index >= 15 is 0 Å². The van der Waals surface area contributed by atoms with Gasteiger partial charge in [0.2, 0.25) is 0 Å². The number of carbonyl (C=O) groups is 2. The second kappa shape index (κ2) is 7.32. The third-order valence-corrected chi connectivity index (χ3v) is 2.51. The smallest absolute Gasteiger partial charge is 0.326 e. The molecule has 0 bridgehead atoms. The molecule has 0 fully saturated rings. The lowest BCUT2D eigenvalue weighted by Crippen LogP contribution is -2.46. The molecule has 18 heavy (non-hydrogen) atoms. The molecule has 5 nitrogen and oxygen atoms in total. The van der Waals surface area contributed by atoms with Crippen molar-refractivity contribution in [2.24, 2.45) is 0 Å². The lowest BCUT2D eigenvalue weighted by molar-refractivity contribution is -0.139. The zero-order valence-electron chi connectivity index (χ0n) is 10.3. The van der Waals surface area contributed by atoms with Crippen molar-refractivity contribution in [1.82, 2.24) is 10.6 Å². The molecular weight excluding hydrogens is 232 g/mol. The first-order chi connectivity index (χ1) is 8.63. The highest BCUT2D eigenvalue weighted by atomic mass is 16.4. The number of urea groups is 1. The molecule has 0 radical (unpaired) electrons. The second-order valence-electron chi connectivity index (χ2n) is 3.92. The maximum Gasteiger partial charge on any atom is 0.326 e. The van der Waals surface area contributed by atoms with Crippen molar-refractivity contribution in [3.05, 3.63) is 35.9 Å². The van der Waals surface area contributed by atoms with Crippen molar-refractivity contribution < 1.29 is 14.7 Å². The fourth-order valence-electron chi connectivity index (χ4n) is 1.58. The molecule has 0 aliphatic heterocycles. The lowest BCUT2D eigenvalue weighted by Gasteiger charge is -2.14. The topological polar surface area (TPSA) is 78.4 Å². The van der Waals surface area contributed by atoms with E-state index in [9.17, 15) is 9.59 Å². The fraction of sp³-hybridized carbons (Fsp3) is 0.385. The normalized spacial score (nSPS) is 11.6. The maximum absolute atomic E-state index is 11.3. The van der Waals surface area contributed by atoms with Crippen LogP contribution in [-0.4, -0.2) is 29.7 Å². The summed E-state index contributed by atoms with van der Waals surface area (Å²) in [6.45, 7) is 2.25. The number of hydrogen-bond acceptors (Lipinski definition) is 2. The van der Waals surface area contributed by atoms with E-state index in [4.69, 9.17) is 5.11 Å². The van der Waals surface area contributed by atoms with Gasteiger partial charge in [0.05, 0.1) is 0 Å². The Bertz CT molecular complexity index is 392. The molecule has 0 aromatic heterocycles. The first-order valence-corrected chi connectivity index (χ1v) is 5.94. The minimum atomic E-state index is -1.02. The van der Waals surface area contributed by atoms with Gasteiger partial charge in [-0.05, 0) is 25.3 Å². The Labute approximate surface area is 106 Å². The van der Waals surface area contributed by atoms with E-state index in [2.05, 4.69) is 10.6 Å². The number of hydrogen-bond donors (Lipinski definition) is 3. The summed E-state index contributed by atoms with van der Waals surface area (Å²) in [7, 11) is 0. The standard InChI is InChI=1S/C13H18N2O3/c1-2-14-13(18)15-11(12(16)17)9-8-10-6-4-3-5-7-10/h3-7,11H,2,8-9H2,1H3,(H,16,17)(H2,14,15,18). The van der Waals surface area contributed by atoms with Crippen LogP contribution in [0.2, 0.25) is 0 Å². The number of aryl methyl sites for hydroxylation is 1. The Hall–Kier alpha value is -2.04. The van der Waals surface area contributed by atoms with E-state index in [0.717, 1.165) is 5.56 Å². The molecule has 0 spiro atoms. The van der Waals surface area contributed by atoms with E-state index in [-0.39, 0.29) is 0 Å². The molecule has 2 amide bonds. The number of nitrogens with one attached hydrogen (secondary N) is 2. The van der Waals surface area contributed by atoms with Crippen LogP contribution in [0.15, 0.2) is 30.3 Å². The first kappa shape index (κ1) is 14.0. The average Bonchev–Trinajstić information content (AvgIpc) is 2.35. The van der Waals surface area contributed by atoms with Crippen LogP contribution < -0.4 is 10.6 Å². The molecule has 0 aliphatic rings. The van der Waals surface area contributed by atoms with Crippen molar-refractivity contribution in [2.75, 3.05) is 6.54 Å². The Kier molecular flexibility index (Phi) is 5.70. The molecule has 1 rings (SSSR count). The van der Waals surface area contributed by atoms with E-state index in [1.54, 1.807) is 6.92 Å². The van der Waals surface area contributed by atoms with Gasteiger partial charge in [0.1, 0.15) is 6.04 Å².